The summed E-state index contributed by atoms with van der Waals surface area (Å²) in [4.78, 5) is 11.1. The molecular weight excluding hydrogens is 346 g/mol. The van der Waals surface area contributed by atoms with Gasteiger partial charge in [0.2, 0.25) is 10.0 Å². The molecule has 0 saturated heterocycles. The molecule has 20 heavy (non-hydrogen) atoms. The molecule has 0 heterocycles. The molecule has 0 aromatic heterocycles. The van der Waals surface area contributed by atoms with Gasteiger partial charge in [-0.2, -0.15) is 0 Å². The molecular formula is C13H18BrNO4S. The minimum atomic E-state index is -3.77. The maximum absolute atomic E-state index is 12.3. The zero-order valence-electron chi connectivity index (χ0n) is 11.8. The molecule has 0 amide bonds. The zero-order valence-corrected chi connectivity index (χ0v) is 14.2. The van der Waals surface area contributed by atoms with E-state index < -0.39 is 21.5 Å². The monoisotopic (exact) mass is 363 g/mol. The van der Waals surface area contributed by atoms with Crippen LogP contribution in [0.15, 0.2) is 21.5 Å². The van der Waals surface area contributed by atoms with Crippen LogP contribution in [0.1, 0.15) is 43.1 Å². The summed E-state index contributed by atoms with van der Waals surface area (Å²) < 4.78 is 27.7. The molecule has 0 radical (unpaired) electrons. The molecule has 0 aliphatic heterocycles. The van der Waals surface area contributed by atoms with Gasteiger partial charge in [0, 0.05) is 10.0 Å². The number of carboxylic acid groups (broad SMARTS) is 1. The Labute approximate surface area is 127 Å². The highest BCUT2D eigenvalue weighted by molar-refractivity contribution is 9.10. The number of hydrogen-bond acceptors (Lipinski definition) is 3. The van der Waals surface area contributed by atoms with Crippen molar-refractivity contribution in [3.05, 3.63) is 27.7 Å². The van der Waals surface area contributed by atoms with Crippen LogP contribution in [0.4, 0.5) is 0 Å². The number of carboxylic acids is 1. The first-order valence-corrected chi connectivity index (χ1v) is 8.35. The van der Waals surface area contributed by atoms with Gasteiger partial charge >= 0.3 is 5.97 Å². The fraction of sp³-hybridized carbons (Fsp3) is 0.462. The van der Waals surface area contributed by atoms with Crippen molar-refractivity contribution in [2.75, 3.05) is 0 Å². The molecule has 0 fully saturated rings. The Balaban J connectivity index is 3.37. The molecule has 0 spiro atoms. The van der Waals surface area contributed by atoms with Gasteiger partial charge in [-0.3, -0.25) is 0 Å². The van der Waals surface area contributed by atoms with E-state index in [2.05, 4.69) is 20.7 Å². The van der Waals surface area contributed by atoms with Crippen LogP contribution < -0.4 is 4.72 Å². The van der Waals surface area contributed by atoms with Crippen molar-refractivity contribution >= 4 is 31.9 Å². The third-order valence-corrected chi connectivity index (χ3v) is 5.65. The predicted octanol–water partition coefficient (Wildman–Crippen LogP) is 2.92. The first-order valence-electron chi connectivity index (χ1n) is 6.07. The molecule has 112 valence electrons. The molecule has 7 heteroatoms. The minimum absolute atomic E-state index is 0.0333. The third kappa shape index (κ3) is 3.80. The van der Waals surface area contributed by atoms with E-state index in [0.29, 0.717) is 16.5 Å². The number of aromatic carboxylic acids is 1. The second kappa shape index (κ2) is 5.83. The highest BCUT2D eigenvalue weighted by Crippen LogP contribution is 2.26. The van der Waals surface area contributed by atoms with E-state index >= 15 is 0 Å². The van der Waals surface area contributed by atoms with Gasteiger partial charge in [0.1, 0.15) is 0 Å². The average Bonchev–Trinajstić information content (AvgIpc) is 2.30. The van der Waals surface area contributed by atoms with Crippen LogP contribution in [0.3, 0.4) is 0 Å². The Hall–Kier alpha value is -0.920. The number of benzene rings is 1. The van der Waals surface area contributed by atoms with Crippen LogP contribution in [0.2, 0.25) is 0 Å². The standard InChI is InChI=1S/C13H18BrNO4S/c1-5-13(3,4)15-20(18,19)9-6-10(12(16)17)8(2)11(14)7-9/h6-7,15H,5H2,1-4H3,(H,16,17). The Kier molecular flexibility index (Phi) is 4.99. The summed E-state index contributed by atoms with van der Waals surface area (Å²) in [5.41, 5.74) is -0.139. The van der Waals surface area contributed by atoms with Crippen molar-refractivity contribution in [2.24, 2.45) is 0 Å². The smallest absolute Gasteiger partial charge is 0.336 e. The van der Waals surface area contributed by atoms with Gasteiger partial charge in [0.05, 0.1) is 10.5 Å². The summed E-state index contributed by atoms with van der Waals surface area (Å²) in [7, 11) is -3.77. The largest absolute Gasteiger partial charge is 0.478 e. The number of hydrogen-bond donors (Lipinski definition) is 2. The van der Waals surface area contributed by atoms with Crippen LogP contribution in [0.25, 0.3) is 0 Å². The van der Waals surface area contributed by atoms with Gasteiger partial charge in [-0.1, -0.05) is 22.9 Å². The topological polar surface area (TPSA) is 83.5 Å². The van der Waals surface area contributed by atoms with Crippen LogP contribution in [-0.4, -0.2) is 25.0 Å². The van der Waals surface area contributed by atoms with Crippen LogP contribution >= 0.6 is 15.9 Å². The highest BCUT2D eigenvalue weighted by Gasteiger charge is 2.26. The molecule has 5 nitrogen and oxygen atoms in total. The van der Waals surface area contributed by atoms with E-state index in [1.807, 2.05) is 6.92 Å². The fourth-order valence-corrected chi connectivity index (χ4v) is 3.67. The highest BCUT2D eigenvalue weighted by atomic mass is 79.9. The molecule has 1 rings (SSSR count). The summed E-state index contributed by atoms with van der Waals surface area (Å²) in [6.07, 6.45) is 0.616. The van der Waals surface area contributed by atoms with Crippen LogP contribution in [0, 0.1) is 6.92 Å². The molecule has 1 aromatic rings. The van der Waals surface area contributed by atoms with Crippen molar-refractivity contribution in [1.82, 2.24) is 4.72 Å². The third-order valence-electron chi connectivity index (χ3n) is 3.15. The molecule has 1 aromatic carbocycles. The quantitative estimate of drug-likeness (QED) is 0.842. The molecule has 0 saturated carbocycles. The molecule has 0 aliphatic carbocycles. The summed E-state index contributed by atoms with van der Waals surface area (Å²) in [6, 6.07) is 2.59. The Bertz CT molecular complexity index is 638. The summed E-state index contributed by atoms with van der Waals surface area (Å²) in [6.45, 7) is 7.03. The van der Waals surface area contributed by atoms with Gasteiger partial charge in [-0.05, 0) is 44.9 Å². The lowest BCUT2D eigenvalue weighted by Gasteiger charge is -2.24. The van der Waals surface area contributed by atoms with Crippen molar-refractivity contribution in [3.63, 3.8) is 0 Å². The van der Waals surface area contributed by atoms with Crippen LogP contribution in [0.5, 0.6) is 0 Å². The number of nitrogens with one attached hydrogen (secondary N) is 1. The molecule has 2 N–H and O–H groups in total. The van der Waals surface area contributed by atoms with E-state index in [4.69, 9.17) is 5.11 Å². The fourth-order valence-electron chi connectivity index (χ4n) is 1.53. The minimum Gasteiger partial charge on any atom is -0.478 e. The Morgan fingerprint density at radius 2 is 1.95 bits per heavy atom. The number of halogens is 1. The lowest BCUT2D eigenvalue weighted by atomic mass is 10.0. The molecule has 0 bridgehead atoms. The predicted molar refractivity (Wildman–Crippen MR) is 80.5 cm³/mol. The summed E-state index contributed by atoms with van der Waals surface area (Å²) in [5, 5.41) is 9.12. The van der Waals surface area contributed by atoms with Crippen molar-refractivity contribution in [1.29, 1.82) is 0 Å². The maximum atomic E-state index is 12.3. The zero-order chi connectivity index (χ0) is 15.7. The Morgan fingerprint density at radius 3 is 2.40 bits per heavy atom. The van der Waals surface area contributed by atoms with E-state index in [0.717, 1.165) is 0 Å². The lowest BCUT2D eigenvalue weighted by molar-refractivity contribution is 0.0695. The van der Waals surface area contributed by atoms with Gasteiger partial charge in [0.15, 0.2) is 0 Å². The Morgan fingerprint density at radius 1 is 1.40 bits per heavy atom. The van der Waals surface area contributed by atoms with Crippen molar-refractivity contribution in [3.8, 4) is 0 Å². The lowest BCUT2D eigenvalue weighted by Crippen LogP contribution is -2.42. The molecule has 0 aliphatic rings. The van der Waals surface area contributed by atoms with E-state index in [9.17, 15) is 13.2 Å². The van der Waals surface area contributed by atoms with Gasteiger partial charge in [0.25, 0.3) is 0 Å². The average molecular weight is 364 g/mol. The maximum Gasteiger partial charge on any atom is 0.336 e. The number of rotatable bonds is 5. The molecule has 0 atom stereocenters. The van der Waals surface area contributed by atoms with E-state index in [1.54, 1.807) is 20.8 Å². The SMILES string of the molecule is CCC(C)(C)NS(=O)(=O)c1cc(Br)c(C)c(C(=O)O)c1. The first-order chi connectivity index (χ1) is 9.00. The van der Waals surface area contributed by atoms with Crippen molar-refractivity contribution < 1.29 is 18.3 Å². The second-order valence-corrected chi connectivity index (χ2v) is 7.76. The number of sulfonamides is 1. The van der Waals surface area contributed by atoms with Gasteiger partial charge in [-0.15, -0.1) is 0 Å². The summed E-state index contributed by atoms with van der Waals surface area (Å²) in [5.74, 6) is -1.16. The number of carbonyl (C=O) groups is 1. The van der Waals surface area contributed by atoms with Gasteiger partial charge in [-0.25, -0.2) is 17.9 Å². The van der Waals surface area contributed by atoms with Gasteiger partial charge < -0.3 is 5.11 Å². The second-order valence-electron chi connectivity index (χ2n) is 5.23. The van der Waals surface area contributed by atoms with Crippen LogP contribution in [-0.2, 0) is 10.0 Å². The molecule has 0 unspecified atom stereocenters. The first kappa shape index (κ1) is 17.1. The van der Waals surface area contributed by atoms with E-state index in [1.165, 1.54) is 12.1 Å². The summed E-state index contributed by atoms with van der Waals surface area (Å²) >= 11 is 3.20. The van der Waals surface area contributed by atoms with Crippen molar-refractivity contribution in [2.45, 2.75) is 44.6 Å². The van der Waals surface area contributed by atoms with E-state index in [-0.39, 0.29) is 10.5 Å². The normalized spacial score (nSPS) is 12.4.